The molecule has 5 atom stereocenters. The Kier molecular flexibility index (Phi) is 6.35. The zero-order valence-electron chi connectivity index (χ0n) is 15.9. The molecule has 3 aliphatic heterocycles. The van der Waals surface area contributed by atoms with Gasteiger partial charge in [0.15, 0.2) is 0 Å². The summed E-state index contributed by atoms with van der Waals surface area (Å²) in [5.41, 5.74) is 1.35. The number of allylic oxidation sites excluding steroid dienone is 2. The zero-order chi connectivity index (χ0) is 18.7. The first-order valence-corrected chi connectivity index (χ1v) is 9.90. The first-order chi connectivity index (χ1) is 12.5. The molecule has 0 saturated carbocycles. The summed E-state index contributed by atoms with van der Waals surface area (Å²) in [7, 11) is 0. The minimum atomic E-state index is -0.788. The highest BCUT2D eigenvalue weighted by molar-refractivity contribution is 5.76. The largest absolute Gasteiger partial charge is 0.480 e. The van der Waals surface area contributed by atoms with Gasteiger partial charge in [-0.2, -0.15) is 0 Å². The van der Waals surface area contributed by atoms with Crippen LogP contribution >= 0.6 is 0 Å². The van der Waals surface area contributed by atoms with Crippen LogP contribution in [0.1, 0.15) is 52.4 Å². The van der Waals surface area contributed by atoms with Gasteiger partial charge in [-0.05, 0) is 58.9 Å². The lowest BCUT2D eigenvalue weighted by Gasteiger charge is -2.27. The third kappa shape index (κ3) is 4.46. The molecule has 0 spiro atoms. The Balaban J connectivity index is 1.73. The summed E-state index contributed by atoms with van der Waals surface area (Å²) >= 11 is 0. The normalized spacial score (nSPS) is 36.8. The fraction of sp³-hybridized carbons (Fsp3) is 0.800. The van der Waals surface area contributed by atoms with Gasteiger partial charge in [0.1, 0.15) is 12.1 Å². The number of aliphatic carboxylic acids is 1. The van der Waals surface area contributed by atoms with Gasteiger partial charge in [0.05, 0.1) is 18.6 Å². The summed E-state index contributed by atoms with van der Waals surface area (Å²) in [5, 5.41) is 9.42. The number of carbonyl (C=O) groups is 2. The fourth-order valence-corrected chi connectivity index (χ4v) is 4.49. The number of nitrogens with zero attached hydrogens (tertiary/aromatic N) is 1. The lowest BCUT2D eigenvalue weighted by molar-refractivity contribution is -0.148. The first kappa shape index (κ1) is 19.4. The third-order valence-corrected chi connectivity index (χ3v) is 6.13. The number of rotatable bonds is 3. The van der Waals surface area contributed by atoms with Gasteiger partial charge in [0.2, 0.25) is 0 Å². The Morgan fingerprint density at radius 3 is 2.92 bits per heavy atom. The highest BCUT2D eigenvalue weighted by Gasteiger charge is 2.46. The Hall–Kier alpha value is -1.40. The summed E-state index contributed by atoms with van der Waals surface area (Å²) < 4.78 is 11.6. The van der Waals surface area contributed by atoms with E-state index in [2.05, 4.69) is 19.9 Å². The molecule has 0 radical (unpaired) electrons. The van der Waals surface area contributed by atoms with E-state index in [-0.39, 0.29) is 30.0 Å². The molecular weight excluding hydrogens is 334 g/mol. The van der Waals surface area contributed by atoms with Crippen molar-refractivity contribution in [2.24, 2.45) is 11.8 Å². The molecule has 5 unspecified atom stereocenters. The van der Waals surface area contributed by atoms with Crippen molar-refractivity contribution >= 4 is 11.9 Å². The lowest BCUT2D eigenvalue weighted by Crippen LogP contribution is -2.42. The molecule has 0 aromatic heterocycles. The predicted molar refractivity (Wildman–Crippen MR) is 96.7 cm³/mol. The highest BCUT2D eigenvalue weighted by atomic mass is 16.6. The molecule has 2 fully saturated rings. The van der Waals surface area contributed by atoms with Crippen LogP contribution in [0.2, 0.25) is 0 Å². The maximum atomic E-state index is 12.6. The van der Waals surface area contributed by atoms with E-state index in [1.807, 2.05) is 4.90 Å². The van der Waals surface area contributed by atoms with Crippen molar-refractivity contribution in [2.75, 3.05) is 19.7 Å². The summed E-state index contributed by atoms with van der Waals surface area (Å²) in [6.45, 7) is 5.87. The van der Waals surface area contributed by atoms with E-state index in [0.29, 0.717) is 19.6 Å². The molecule has 2 saturated heterocycles. The maximum Gasteiger partial charge on any atom is 0.320 e. The number of esters is 1. The Morgan fingerprint density at radius 1 is 1.35 bits per heavy atom. The summed E-state index contributed by atoms with van der Waals surface area (Å²) in [6, 6.07) is -0.470. The molecule has 0 bridgehead atoms. The van der Waals surface area contributed by atoms with Crippen LogP contribution in [-0.2, 0) is 19.1 Å². The number of ether oxygens (including phenoxy) is 2. The molecule has 3 heterocycles. The van der Waals surface area contributed by atoms with E-state index in [0.717, 1.165) is 38.6 Å². The fourth-order valence-electron chi connectivity index (χ4n) is 4.49. The topological polar surface area (TPSA) is 76.1 Å². The monoisotopic (exact) mass is 365 g/mol. The van der Waals surface area contributed by atoms with Gasteiger partial charge < -0.3 is 14.6 Å². The SMILES string of the molecule is CC1=CCCC(C)OCC2OC(=O)C(CN3CCCC3C(=O)O)C2CC1. The van der Waals surface area contributed by atoms with Gasteiger partial charge in [0, 0.05) is 12.5 Å². The van der Waals surface area contributed by atoms with Crippen LogP contribution in [-0.4, -0.2) is 59.9 Å². The van der Waals surface area contributed by atoms with E-state index < -0.39 is 12.0 Å². The molecule has 3 rings (SSSR count). The van der Waals surface area contributed by atoms with Crippen molar-refractivity contribution in [2.45, 2.75) is 70.6 Å². The predicted octanol–water partition coefficient (Wildman–Crippen LogP) is 2.62. The van der Waals surface area contributed by atoms with Crippen LogP contribution in [0.5, 0.6) is 0 Å². The molecule has 0 aromatic carbocycles. The summed E-state index contributed by atoms with van der Waals surface area (Å²) in [4.78, 5) is 26.0. The van der Waals surface area contributed by atoms with Crippen molar-refractivity contribution in [3.05, 3.63) is 11.6 Å². The van der Waals surface area contributed by atoms with Gasteiger partial charge in [-0.3, -0.25) is 14.5 Å². The second-order valence-electron chi connectivity index (χ2n) is 8.05. The van der Waals surface area contributed by atoms with Crippen LogP contribution < -0.4 is 0 Å². The quantitative estimate of drug-likeness (QED) is 0.612. The second kappa shape index (κ2) is 8.53. The minimum Gasteiger partial charge on any atom is -0.480 e. The average Bonchev–Trinajstić information content (AvgIpc) is 3.16. The van der Waals surface area contributed by atoms with E-state index in [1.54, 1.807) is 0 Å². The van der Waals surface area contributed by atoms with Gasteiger partial charge in [-0.15, -0.1) is 0 Å². The molecule has 0 aromatic rings. The summed E-state index contributed by atoms with van der Waals surface area (Å²) in [5.74, 6) is -1.15. The standard InChI is InChI=1S/C20H31NO5/c1-13-5-3-6-14(2)25-12-18-15(9-8-13)16(20(24)26-18)11-21-10-4-7-17(21)19(22)23/h5,14-18H,3-4,6-12H2,1-2H3,(H,22,23). The lowest BCUT2D eigenvalue weighted by atomic mass is 9.85. The molecule has 6 heteroatoms. The smallest absolute Gasteiger partial charge is 0.320 e. The second-order valence-corrected chi connectivity index (χ2v) is 8.05. The molecule has 146 valence electrons. The molecule has 0 aliphatic carbocycles. The van der Waals surface area contributed by atoms with Crippen LogP contribution in [0, 0.1) is 11.8 Å². The molecule has 3 aliphatic rings. The van der Waals surface area contributed by atoms with Gasteiger partial charge in [0.25, 0.3) is 0 Å². The maximum absolute atomic E-state index is 12.6. The average molecular weight is 365 g/mol. The number of carboxylic acid groups (broad SMARTS) is 1. The van der Waals surface area contributed by atoms with E-state index in [1.165, 1.54) is 5.57 Å². The Bertz CT molecular complexity index is 560. The molecular formula is C20H31NO5. The Morgan fingerprint density at radius 2 is 2.15 bits per heavy atom. The van der Waals surface area contributed by atoms with Crippen molar-refractivity contribution in [1.82, 2.24) is 4.90 Å². The number of hydrogen-bond donors (Lipinski definition) is 1. The molecule has 0 amide bonds. The van der Waals surface area contributed by atoms with Crippen molar-refractivity contribution < 1.29 is 24.2 Å². The number of carbonyl (C=O) groups excluding carboxylic acids is 1. The minimum absolute atomic E-state index is 0.0891. The van der Waals surface area contributed by atoms with Crippen LogP contribution in [0.3, 0.4) is 0 Å². The van der Waals surface area contributed by atoms with E-state index in [9.17, 15) is 14.7 Å². The van der Waals surface area contributed by atoms with Crippen molar-refractivity contribution in [3.8, 4) is 0 Å². The molecule has 1 N–H and O–H groups in total. The molecule has 6 nitrogen and oxygen atoms in total. The number of carboxylic acids is 1. The van der Waals surface area contributed by atoms with E-state index >= 15 is 0 Å². The van der Waals surface area contributed by atoms with Gasteiger partial charge in [-0.25, -0.2) is 0 Å². The number of likely N-dealkylation sites (tertiary alicyclic amines) is 1. The van der Waals surface area contributed by atoms with Gasteiger partial charge in [-0.1, -0.05) is 11.6 Å². The number of fused-ring (bicyclic) bond motifs is 1. The highest BCUT2D eigenvalue weighted by Crippen LogP contribution is 2.36. The Labute approximate surface area is 155 Å². The molecule has 26 heavy (non-hydrogen) atoms. The summed E-state index contributed by atoms with van der Waals surface area (Å²) in [6.07, 6.45) is 7.55. The number of hydrogen-bond acceptors (Lipinski definition) is 5. The van der Waals surface area contributed by atoms with Crippen molar-refractivity contribution in [3.63, 3.8) is 0 Å². The first-order valence-electron chi connectivity index (χ1n) is 9.90. The van der Waals surface area contributed by atoms with E-state index in [4.69, 9.17) is 9.47 Å². The zero-order valence-corrected chi connectivity index (χ0v) is 15.9. The van der Waals surface area contributed by atoms with Crippen LogP contribution in [0.4, 0.5) is 0 Å². The van der Waals surface area contributed by atoms with Crippen LogP contribution in [0.25, 0.3) is 0 Å². The third-order valence-electron chi connectivity index (χ3n) is 6.13. The van der Waals surface area contributed by atoms with Crippen LogP contribution in [0.15, 0.2) is 11.6 Å². The van der Waals surface area contributed by atoms with Gasteiger partial charge >= 0.3 is 11.9 Å². The van der Waals surface area contributed by atoms with Crippen molar-refractivity contribution in [1.29, 1.82) is 0 Å².